The Bertz CT molecular complexity index is 807. The fraction of sp³-hybridized carbons (Fsp3) is 0.714. The summed E-state index contributed by atoms with van der Waals surface area (Å²) in [5.41, 5.74) is 4.52. The summed E-state index contributed by atoms with van der Waals surface area (Å²) in [6.45, 7) is 33.6. The number of hydrogen-bond acceptors (Lipinski definition) is 4. The van der Waals surface area contributed by atoms with Crippen LogP contribution in [0.25, 0.3) is 0 Å². The molecule has 0 aliphatic carbocycles. The summed E-state index contributed by atoms with van der Waals surface area (Å²) >= 11 is 0. The van der Waals surface area contributed by atoms with Gasteiger partial charge in [0.05, 0.1) is 22.2 Å². The summed E-state index contributed by atoms with van der Waals surface area (Å²) < 4.78 is 0. The number of amidine groups is 4. The molecule has 0 aromatic carbocycles. The van der Waals surface area contributed by atoms with Gasteiger partial charge >= 0.3 is 0 Å². The van der Waals surface area contributed by atoms with Crippen LogP contribution in [-0.2, 0) is 0 Å². The summed E-state index contributed by atoms with van der Waals surface area (Å²) in [6.07, 6.45) is 0. The molecule has 2 rings (SSSR count). The van der Waals surface area contributed by atoms with Gasteiger partial charge in [0.15, 0.2) is 0 Å². The maximum Gasteiger partial charge on any atom is 0.130 e. The van der Waals surface area contributed by atoms with Crippen LogP contribution in [0.2, 0.25) is 0 Å². The molecule has 35 heavy (non-hydrogen) atoms. The first-order valence-corrected chi connectivity index (χ1v) is 12.3. The van der Waals surface area contributed by atoms with Crippen molar-refractivity contribution < 1.29 is 0 Å². The van der Waals surface area contributed by atoms with Gasteiger partial charge in [-0.3, -0.25) is 20.0 Å². The number of nitrogens with one attached hydrogen (secondary N) is 2. The third-order valence-corrected chi connectivity index (χ3v) is 4.81. The molecule has 0 aromatic heterocycles. The topological polar surface area (TPSA) is 73.5 Å². The van der Waals surface area contributed by atoms with Crippen LogP contribution in [0.1, 0.15) is 111 Å². The number of aliphatic imine (C=N–C) groups is 4. The molecule has 0 saturated heterocycles. The van der Waals surface area contributed by atoms with Gasteiger partial charge in [0, 0.05) is 48.9 Å². The molecule has 0 fully saturated rings. The third-order valence-electron chi connectivity index (χ3n) is 4.81. The number of nitrogens with zero attached hydrogens (tertiary/aromatic N) is 4. The minimum atomic E-state index is -0.0684. The molecule has 0 saturated carbocycles. The summed E-state index contributed by atoms with van der Waals surface area (Å²) in [4.78, 5) is 18.7. The van der Waals surface area contributed by atoms with E-state index in [0.29, 0.717) is 0 Å². The first-order chi connectivity index (χ1) is 15.0. The molecule has 0 atom stereocenters. The van der Waals surface area contributed by atoms with Crippen LogP contribution in [0.3, 0.4) is 0 Å². The molecule has 7 heteroatoms. The van der Waals surface area contributed by atoms with Crippen LogP contribution in [-0.4, -0.2) is 94.4 Å². The summed E-state index contributed by atoms with van der Waals surface area (Å²) in [5, 5.41) is 6.66. The average molecular weight is 608 g/mol. The molecule has 0 aromatic rings. The van der Waals surface area contributed by atoms with E-state index in [1.54, 1.807) is 0 Å². The maximum atomic E-state index is 4.69. The van der Waals surface area contributed by atoms with Crippen molar-refractivity contribution >= 4 is 72.2 Å². The Kier molecular flexibility index (Phi) is 12.0. The van der Waals surface area contributed by atoms with Crippen LogP contribution in [0.5, 0.6) is 0 Å². The van der Waals surface area contributed by atoms with Crippen molar-refractivity contribution in [2.24, 2.45) is 20.0 Å². The molecule has 2 radical (unpaired) electrons. The summed E-state index contributed by atoms with van der Waals surface area (Å²) in [7, 11) is 0. The van der Waals surface area contributed by atoms with Crippen molar-refractivity contribution in [3.8, 4) is 0 Å². The minimum absolute atomic E-state index is 0. The molecule has 0 amide bonds. The molecule has 0 bridgehead atoms. The van der Waals surface area contributed by atoms with Crippen LogP contribution >= 0.6 is 0 Å². The quantitative estimate of drug-likeness (QED) is 0.319. The monoisotopic (exact) mass is 608 g/mol. The van der Waals surface area contributed by atoms with E-state index in [1.165, 1.54) is 22.3 Å². The number of rotatable bonds is 0. The van der Waals surface area contributed by atoms with Crippen molar-refractivity contribution in [1.82, 2.24) is 10.6 Å². The predicted molar refractivity (Wildman–Crippen MR) is 158 cm³/mol. The Labute approximate surface area is 255 Å². The predicted octanol–water partition coefficient (Wildman–Crippen LogP) is 6.26. The van der Waals surface area contributed by atoms with Gasteiger partial charge in [-0.25, -0.2) is 0 Å². The first-order valence-electron chi connectivity index (χ1n) is 12.3. The smallest absolute Gasteiger partial charge is 0.130 e. The molecule has 2 aliphatic rings. The van der Waals surface area contributed by atoms with E-state index in [-0.39, 0.29) is 71.0 Å². The van der Waals surface area contributed by atoms with E-state index in [2.05, 4.69) is 141 Å². The molecule has 2 aliphatic heterocycles. The van der Waals surface area contributed by atoms with E-state index < -0.39 is 0 Å². The van der Waals surface area contributed by atoms with Crippen molar-refractivity contribution in [2.75, 3.05) is 0 Å². The first kappa shape index (κ1) is 34.3. The second-order valence-electron chi connectivity index (χ2n) is 13.3. The fourth-order valence-corrected chi connectivity index (χ4v) is 3.10. The van der Waals surface area contributed by atoms with Crippen molar-refractivity contribution in [1.29, 1.82) is 0 Å². The van der Waals surface area contributed by atoms with Gasteiger partial charge in [0.25, 0.3) is 0 Å². The Hall–Kier alpha value is -0.669. The van der Waals surface area contributed by atoms with Gasteiger partial charge < -0.3 is 10.6 Å². The van der Waals surface area contributed by atoms with E-state index >= 15 is 0 Å². The van der Waals surface area contributed by atoms with E-state index in [4.69, 9.17) is 0 Å². The molecule has 0 unspecified atom stereocenters. The molecule has 6 nitrogen and oxygen atoms in total. The van der Waals surface area contributed by atoms with Gasteiger partial charge in [-0.1, -0.05) is 0 Å². The van der Waals surface area contributed by atoms with E-state index in [9.17, 15) is 0 Å². The van der Waals surface area contributed by atoms with Gasteiger partial charge in [-0.05, 0) is 133 Å². The van der Waals surface area contributed by atoms with Gasteiger partial charge in [0.1, 0.15) is 23.3 Å². The van der Waals surface area contributed by atoms with Crippen molar-refractivity contribution in [3.63, 3.8) is 0 Å². The second kappa shape index (κ2) is 12.3. The van der Waals surface area contributed by atoms with Crippen molar-refractivity contribution in [2.45, 2.75) is 133 Å². The zero-order chi connectivity index (χ0) is 26.9. The largest absolute Gasteiger partial charge is 0.325 e. The Morgan fingerprint density at radius 3 is 0.629 bits per heavy atom. The zero-order valence-electron chi connectivity index (χ0n) is 25.5. The maximum absolute atomic E-state index is 4.69. The minimum Gasteiger partial charge on any atom is -0.325 e. The zero-order valence-corrected chi connectivity index (χ0v) is 29.9. The third kappa shape index (κ3) is 12.4. The summed E-state index contributed by atoms with van der Waals surface area (Å²) in [6, 6.07) is 0. The van der Waals surface area contributed by atoms with Crippen LogP contribution in [0.4, 0.5) is 0 Å². The normalized spacial score (nSPS) is 21.9. The van der Waals surface area contributed by atoms with Crippen molar-refractivity contribution in [3.05, 3.63) is 22.3 Å². The average Bonchev–Trinajstić information content (AvgIpc) is 2.95. The standard InChI is InChI=1S/2C14H25N3.Ba/c2*1-9-10(2)12(17-14(6,7)8)15-11(9)16-13(3,4)5;/h2*1-8H3,(H,15,16,17);. The van der Waals surface area contributed by atoms with Crippen LogP contribution in [0, 0.1) is 0 Å². The molecule has 0 spiro atoms. The second-order valence-corrected chi connectivity index (χ2v) is 13.3. The Morgan fingerprint density at radius 1 is 0.371 bits per heavy atom. The molecule has 2 N–H and O–H groups in total. The molecular formula is C28H50BaN6. The van der Waals surface area contributed by atoms with Gasteiger partial charge in [0.2, 0.25) is 0 Å². The Balaban J connectivity index is 0.000000642. The fourth-order valence-electron chi connectivity index (χ4n) is 3.10. The SMILES string of the molecule is CC1=C(C)C(=NC(C)(C)C)NC1=NC(C)(C)C.CC1=C(C)C(=NC(C)(C)C)NC1=NC(C)(C)C.[Ba]. The van der Waals surface area contributed by atoms with E-state index in [0.717, 1.165) is 23.3 Å². The molecular weight excluding hydrogens is 558 g/mol. The Morgan fingerprint density at radius 2 is 0.514 bits per heavy atom. The van der Waals surface area contributed by atoms with Crippen LogP contribution in [0.15, 0.2) is 42.3 Å². The number of hydrogen-bond donors (Lipinski definition) is 2. The van der Waals surface area contributed by atoms with Crippen LogP contribution < -0.4 is 10.6 Å². The van der Waals surface area contributed by atoms with Gasteiger partial charge in [-0.15, -0.1) is 0 Å². The molecule has 2 heterocycles. The van der Waals surface area contributed by atoms with Gasteiger partial charge in [-0.2, -0.15) is 0 Å². The summed E-state index contributed by atoms with van der Waals surface area (Å²) in [5.74, 6) is 3.83. The van der Waals surface area contributed by atoms with E-state index in [1.807, 2.05) is 0 Å². The molecule has 194 valence electrons.